The predicted octanol–water partition coefficient (Wildman–Crippen LogP) is 3.92. The van der Waals surface area contributed by atoms with Crippen molar-refractivity contribution in [3.05, 3.63) is 41.0 Å². The summed E-state index contributed by atoms with van der Waals surface area (Å²) in [5, 5.41) is 9.01. The fourth-order valence-electron chi connectivity index (χ4n) is 1.92. The van der Waals surface area contributed by atoms with E-state index in [4.69, 9.17) is 0 Å². The Morgan fingerprint density at radius 2 is 2.05 bits per heavy atom. The van der Waals surface area contributed by atoms with Crippen LogP contribution in [0.2, 0.25) is 0 Å². The monoisotopic (exact) mass is 288 g/mol. The van der Waals surface area contributed by atoms with Crippen molar-refractivity contribution >= 4 is 39.0 Å². The minimum absolute atomic E-state index is 0.275. The van der Waals surface area contributed by atoms with E-state index in [9.17, 15) is 4.39 Å². The molecule has 0 spiro atoms. The molecule has 0 bridgehead atoms. The quantitative estimate of drug-likeness (QED) is 0.767. The number of benzene rings is 1. The number of fused-ring (bicyclic) bond motifs is 1. The standard InChI is InChI=1S/C14H13FN4S/c1-8-3-4-9(15)7-11(8)17-12-10-5-6-20-13(10)19-14(16-2)18-12/h3-7H,1-2H3,(H2,16,17,18,19). The first kappa shape index (κ1) is 12.8. The summed E-state index contributed by atoms with van der Waals surface area (Å²) in [6, 6.07) is 6.60. The summed E-state index contributed by atoms with van der Waals surface area (Å²) in [7, 11) is 1.77. The van der Waals surface area contributed by atoms with Crippen LogP contribution in [0.3, 0.4) is 0 Å². The van der Waals surface area contributed by atoms with E-state index in [0.29, 0.717) is 17.5 Å². The average molecular weight is 288 g/mol. The minimum atomic E-state index is -0.275. The smallest absolute Gasteiger partial charge is 0.225 e. The van der Waals surface area contributed by atoms with Gasteiger partial charge in [-0.05, 0) is 36.1 Å². The van der Waals surface area contributed by atoms with Crippen LogP contribution in [0.1, 0.15) is 5.56 Å². The Bertz CT molecular complexity index is 769. The Kier molecular flexibility index (Phi) is 3.23. The van der Waals surface area contributed by atoms with Gasteiger partial charge in [-0.15, -0.1) is 11.3 Å². The van der Waals surface area contributed by atoms with E-state index < -0.39 is 0 Å². The van der Waals surface area contributed by atoms with Gasteiger partial charge in [-0.25, -0.2) is 9.37 Å². The Morgan fingerprint density at radius 3 is 2.85 bits per heavy atom. The highest BCUT2D eigenvalue weighted by molar-refractivity contribution is 7.16. The van der Waals surface area contributed by atoms with E-state index in [1.807, 2.05) is 18.4 Å². The molecular formula is C14H13FN4S. The molecule has 0 aliphatic carbocycles. The number of nitrogens with one attached hydrogen (secondary N) is 2. The summed E-state index contributed by atoms with van der Waals surface area (Å²) in [5.41, 5.74) is 1.66. The summed E-state index contributed by atoms with van der Waals surface area (Å²) in [6.45, 7) is 1.92. The lowest BCUT2D eigenvalue weighted by atomic mass is 10.2. The first-order valence-electron chi connectivity index (χ1n) is 6.13. The van der Waals surface area contributed by atoms with E-state index >= 15 is 0 Å². The number of aryl methyl sites for hydroxylation is 1. The molecule has 0 amide bonds. The number of rotatable bonds is 3. The third-order valence-corrected chi connectivity index (χ3v) is 3.81. The molecule has 6 heteroatoms. The molecule has 0 saturated carbocycles. The van der Waals surface area contributed by atoms with Crippen LogP contribution in [-0.4, -0.2) is 17.0 Å². The minimum Gasteiger partial charge on any atom is -0.357 e. The van der Waals surface area contributed by atoms with Gasteiger partial charge in [0.15, 0.2) is 0 Å². The van der Waals surface area contributed by atoms with Crippen molar-refractivity contribution in [3.8, 4) is 0 Å². The summed E-state index contributed by atoms with van der Waals surface area (Å²) >= 11 is 1.54. The molecule has 0 aliphatic rings. The van der Waals surface area contributed by atoms with Crippen molar-refractivity contribution < 1.29 is 4.39 Å². The zero-order valence-corrected chi connectivity index (χ0v) is 11.9. The number of halogens is 1. The largest absolute Gasteiger partial charge is 0.357 e. The second kappa shape index (κ2) is 5.05. The molecule has 2 heterocycles. The van der Waals surface area contributed by atoms with Crippen molar-refractivity contribution in [2.24, 2.45) is 0 Å². The normalized spacial score (nSPS) is 10.8. The molecule has 102 valence electrons. The predicted molar refractivity (Wildman–Crippen MR) is 81.4 cm³/mol. The molecule has 2 aromatic heterocycles. The Balaban J connectivity index is 2.09. The SMILES string of the molecule is CNc1nc(Nc2cc(F)ccc2C)c2ccsc2n1. The molecule has 0 fully saturated rings. The van der Waals surface area contributed by atoms with Gasteiger partial charge in [0.25, 0.3) is 0 Å². The highest BCUT2D eigenvalue weighted by atomic mass is 32.1. The third kappa shape index (κ3) is 2.30. The van der Waals surface area contributed by atoms with E-state index in [1.54, 1.807) is 24.5 Å². The number of nitrogens with zero attached hydrogens (tertiary/aromatic N) is 2. The lowest BCUT2D eigenvalue weighted by molar-refractivity contribution is 0.628. The van der Waals surface area contributed by atoms with Gasteiger partial charge in [-0.2, -0.15) is 4.98 Å². The summed E-state index contributed by atoms with van der Waals surface area (Å²) in [5.74, 6) is 0.938. The lowest BCUT2D eigenvalue weighted by Crippen LogP contribution is -2.02. The van der Waals surface area contributed by atoms with Crippen LogP contribution in [0.25, 0.3) is 10.2 Å². The maximum Gasteiger partial charge on any atom is 0.225 e. The highest BCUT2D eigenvalue weighted by Crippen LogP contribution is 2.29. The van der Waals surface area contributed by atoms with Gasteiger partial charge in [0.1, 0.15) is 16.5 Å². The molecular weight excluding hydrogens is 275 g/mol. The number of thiophene rings is 1. The van der Waals surface area contributed by atoms with Crippen LogP contribution >= 0.6 is 11.3 Å². The highest BCUT2D eigenvalue weighted by Gasteiger charge is 2.10. The van der Waals surface area contributed by atoms with Crippen LogP contribution < -0.4 is 10.6 Å². The van der Waals surface area contributed by atoms with Crippen LogP contribution in [0.4, 0.5) is 21.8 Å². The lowest BCUT2D eigenvalue weighted by Gasteiger charge is -2.11. The molecule has 2 N–H and O–H groups in total. The van der Waals surface area contributed by atoms with Crippen LogP contribution in [-0.2, 0) is 0 Å². The van der Waals surface area contributed by atoms with Gasteiger partial charge < -0.3 is 10.6 Å². The van der Waals surface area contributed by atoms with Gasteiger partial charge in [-0.3, -0.25) is 0 Å². The molecule has 3 aromatic rings. The number of hydrogen-bond donors (Lipinski definition) is 2. The third-order valence-electron chi connectivity index (χ3n) is 3.00. The molecule has 1 aromatic carbocycles. The van der Waals surface area contributed by atoms with E-state index in [2.05, 4.69) is 20.6 Å². The van der Waals surface area contributed by atoms with Gasteiger partial charge in [0, 0.05) is 12.7 Å². The van der Waals surface area contributed by atoms with E-state index in [1.165, 1.54) is 12.1 Å². The van der Waals surface area contributed by atoms with Gasteiger partial charge >= 0.3 is 0 Å². The second-order valence-electron chi connectivity index (χ2n) is 4.37. The van der Waals surface area contributed by atoms with Crippen molar-refractivity contribution in [2.75, 3.05) is 17.7 Å². The topological polar surface area (TPSA) is 49.8 Å². The average Bonchev–Trinajstić information content (AvgIpc) is 2.91. The van der Waals surface area contributed by atoms with Crippen molar-refractivity contribution in [1.82, 2.24) is 9.97 Å². The fraction of sp³-hybridized carbons (Fsp3) is 0.143. The number of hydrogen-bond acceptors (Lipinski definition) is 5. The molecule has 0 atom stereocenters. The summed E-state index contributed by atoms with van der Waals surface area (Å²) < 4.78 is 13.4. The van der Waals surface area contributed by atoms with Crippen LogP contribution in [0.15, 0.2) is 29.6 Å². The second-order valence-corrected chi connectivity index (χ2v) is 5.26. The van der Waals surface area contributed by atoms with Crippen molar-refractivity contribution in [2.45, 2.75) is 6.92 Å². The molecule has 4 nitrogen and oxygen atoms in total. The van der Waals surface area contributed by atoms with Gasteiger partial charge in [0.2, 0.25) is 5.95 Å². The van der Waals surface area contributed by atoms with Gasteiger partial charge in [0.05, 0.1) is 5.39 Å². The summed E-state index contributed by atoms with van der Waals surface area (Å²) in [4.78, 5) is 9.68. The Morgan fingerprint density at radius 1 is 1.20 bits per heavy atom. The molecule has 0 saturated heterocycles. The molecule has 3 rings (SSSR count). The molecule has 0 aliphatic heterocycles. The zero-order chi connectivity index (χ0) is 14.1. The van der Waals surface area contributed by atoms with Crippen LogP contribution in [0.5, 0.6) is 0 Å². The van der Waals surface area contributed by atoms with E-state index in [-0.39, 0.29) is 5.82 Å². The van der Waals surface area contributed by atoms with Gasteiger partial charge in [-0.1, -0.05) is 6.07 Å². The number of anilines is 3. The van der Waals surface area contributed by atoms with Crippen molar-refractivity contribution in [3.63, 3.8) is 0 Å². The van der Waals surface area contributed by atoms with Crippen molar-refractivity contribution in [1.29, 1.82) is 0 Å². The van der Waals surface area contributed by atoms with Crippen LogP contribution in [0, 0.1) is 12.7 Å². The maximum absolute atomic E-state index is 13.4. The first-order valence-corrected chi connectivity index (χ1v) is 7.01. The fourth-order valence-corrected chi connectivity index (χ4v) is 2.68. The Hall–Kier alpha value is -2.21. The molecule has 0 unspecified atom stereocenters. The summed E-state index contributed by atoms with van der Waals surface area (Å²) in [6.07, 6.45) is 0. The number of aromatic nitrogens is 2. The van der Waals surface area contributed by atoms with E-state index in [0.717, 1.165) is 15.8 Å². The zero-order valence-electron chi connectivity index (χ0n) is 11.1. The molecule has 0 radical (unpaired) electrons. The molecule has 20 heavy (non-hydrogen) atoms. The maximum atomic E-state index is 13.4. The first-order chi connectivity index (χ1) is 9.67. The Labute approximate surface area is 119 Å².